The van der Waals surface area contributed by atoms with Crippen LogP contribution >= 0.6 is 24.8 Å². The summed E-state index contributed by atoms with van der Waals surface area (Å²) in [5.74, 6) is -0.399. The minimum Gasteiger partial charge on any atom is -0.445 e. The number of ether oxygens (including phenoxy) is 1. The fourth-order valence-electron chi connectivity index (χ4n) is 3.16. The zero-order valence-electron chi connectivity index (χ0n) is 14.5. The summed E-state index contributed by atoms with van der Waals surface area (Å²) in [7, 11) is 0. The molecule has 3 heterocycles. The highest BCUT2D eigenvalue weighted by Crippen LogP contribution is 2.30. The van der Waals surface area contributed by atoms with Crippen LogP contribution < -0.4 is 10.6 Å². The van der Waals surface area contributed by atoms with Crippen molar-refractivity contribution in [3.63, 3.8) is 0 Å². The van der Waals surface area contributed by atoms with E-state index < -0.39 is 24.7 Å². The first-order valence-corrected chi connectivity index (χ1v) is 8.31. The van der Waals surface area contributed by atoms with E-state index in [0.29, 0.717) is 26.1 Å². The Balaban J connectivity index is 0.00000182. The standard InChI is InChI=1S/C15H21F3N4O3.2ClH/c16-15(17,18)11(22-5-3-19-4-6-22)8-20-14(23)12-13(25-9-21-12)10-2-1-7-24-10;;/h9-11,19H,1-8H2,(H,20,23);2*1H. The molecule has 0 aliphatic carbocycles. The second-order valence-electron chi connectivity index (χ2n) is 6.12. The largest absolute Gasteiger partial charge is 0.445 e. The van der Waals surface area contributed by atoms with Gasteiger partial charge in [0, 0.05) is 39.3 Å². The number of alkyl halides is 3. The minimum atomic E-state index is -4.42. The van der Waals surface area contributed by atoms with Crippen molar-refractivity contribution in [2.75, 3.05) is 39.3 Å². The van der Waals surface area contributed by atoms with Crippen LogP contribution in [0.15, 0.2) is 10.8 Å². The van der Waals surface area contributed by atoms with E-state index in [1.807, 2.05) is 0 Å². The van der Waals surface area contributed by atoms with Crippen molar-refractivity contribution in [3.8, 4) is 0 Å². The van der Waals surface area contributed by atoms with Gasteiger partial charge in [0.25, 0.3) is 5.91 Å². The Kier molecular flexibility index (Phi) is 9.29. The summed E-state index contributed by atoms with van der Waals surface area (Å²) in [5.41, 5.74) is -0.00636. The first kappa shape index (κ1) is 24.0. The highest BCUT2D eigenvalue weighted by Gasteiger charge is 2.44. The van der Waals surface area contributed by atoms with Crippen molar-refractivity contribution in [1.29, 1.82) is 0 Å². The lowest BCUT2D eigenvalue weighted by Gasteiger charge is -2.35. The number of carbonyl (C=O) groups is 1. The molecule has 2 saturated heterocycles. The van der Waals surface area contributed by atoms with Crippen molar-refractivity contribution >= 4 is 30.7 Å². The third kappa shape index (κ3) is 5.95. The summed E-state index contributed by atoms with van der Waals surface area (Å²) >= 11 is 0. The number of amides is 1. The Labute approximate surface area is 167 Å². The van der Waals surface area contributed by atoms with E-state index >= 15 is 0 Å². The van der Waals surface area contributed by atoms with Gasteiger partial charge in [0.2, 0.25) is 0 Å². The molecule has 0 spiro atoms. The van der Waals surface area contributed by atoms with Crippen molar-refractivity contribution < 1.29 is 27.1 Å². The van der Waals surface area contributed by atoms with Crippen LogP contribution in [0.1, 0.15) is 35.2 Å². The minimum absolute atomic E-state index is 0. The molecule has 2 aliphatic heterocycles. The molecule has 1 aromatic heterocycles. The SMILES string of the molecule is Cl.Cl.O=C(NCC(N1CCNCC1)C(F)(F)F)c1ncoc1C1CCCO1. The van der Waals surface area contributed by atoms with Crippen molar-refractivity contribution in [2.24, 2.45) is 0 Å². The average Bonchev–Trinajstić information content (AvgIpc) is 3.25. The van der Waals surface area contributed by atoms with Crippen LogP contribution in [0.2, 0.25) is 0 Å². The predicted octanol–water partition coefficient (Wildman–Crippen LogP) is 1.94. The van der Waals surface area contributed by atoms with Gasteiger partial charge >= 0.3 is 6.18 Å². The molecule has 0 bridgehead atoms. The molecule has 3 rings (SSSR count). The Morgan fingerprint density at radius 1 is 1.37 bits per heavy atom. The van der Waals surface area contributed by atoms with Crippen LogP contribution in [-0.4, -0.2) is 67.3 Å². The van der Waals surface area contributed by atoms with Crippen molar-refractivity contribution in [1.82, 2.24) is 20.5 Å². The maximum Gasteiger partial charge on any atom is 0.405 e. The molecule has 156 valence electrons. The number of oxazole rings is 1. The van der Waals surface area contributed by atoms with Crippen LogP contribution in [0, 0.1) is 0 Å². The van der Waals surface area contributed by atoms with Gasteiger partial charge in [-0.05, 0) is 12.8 Å². The number of hydrogen-bond donors (Lipinski definition) is 2. The number of halogens is 5. The lowest BCUT2D eigenvalue weighted by molar-refractivity contribution is -0.183. The van der Waals surface area contributed by atoms with E-state index in [2.05, 4.69) is 15.6 Å². The number of rotatable bonds is 5. The van der Waals surface area contributed by atoms with Gasteiger partial charge in [-0.1, -0.05) is 0 Å². The van der Waals surface area contributed by atoms with E-state index in [1.54, 1.807) is 0 Å². The maximum absolute atomic E-state index is 13.4. The predicted molar refractivity (Wildman–Crippen MR) is 95.5 cm³/mol. The number of aromatic nitrogens is 1. The van der Waals surface area contributed by atoms with Crippen LogP contribution in [0.5, 0.6) is 0 Å². The van der Waals surface area contributed by atoms with E-state index in [1.165, 1.54) is 4.90 Å². The molecule has 2 fully saturated rings. The van der Waals surface area contributed by atoms with E-state index in [-0.39, 0.29) is 55.5 Å². The molecule has 2 atom stereocenters. The van der Waals surface area contributed by atoms with Crippen molar-refractivity contribution in [2.45, 2.75) is 31.2 Å². The monoisotopic (exact) mass is 434 g/mol. The van der Waals surface area contributed by atoms with E-state index in [4.69, 9.17) is 9.15 Å². The number of nitrogens with zero attached hydrogens (tertiary/aromatic N) is 2. The molecule has 0 saturated carbocycles. The van der Waals surface area contributed by atoms with Gasteiger partial charge in [0.1, 0.15) is 12.1 Å². The molecule has 2 aliphatic rings. The van der Waals surface area contributed by atoms with Gasteiger partial charge in [-0.25, -0.2) is 4.98 Å². The number of hydrogen-bond acceptors (Lipinski definition) is 6. The molecule has 1 aromatic rings. The topological polar surface area (TPSA) is 79.6 Å². The number of nitrogens with one attached hydrogen (secondary N) is 2. The van der Waals surface area contributed by atoms with E-state index in [9.17, 15) is 18.0 Å². The molecule has 2 N–H and O–H groups in total. The Bertz CT molecular complexity index is 591. The molecule has 0 radical (unpaired) electrons. The lowest BCUT2D eigenvalue weighted by Crippen LogP contribution is -2.57. The average molecular weight is 435 g/mol. The second-order valence-corrected chi connectivity index (χ2v) is 6.12. The van der Waals surface area contributed by atoms with Gasteiger partial charge in [0.15, 0.2) is 17.8 Å². The number of carbonyl (C=O) groups excluding carboxylic acids is 1. The van der Waals surface area contributed by atoms with Gasteiger partial charge in [0.05, 0.1) is 0 Å². The Hall–Kier alpha value is -1.07. The van der Waals surface area contributed by atoms with Crippen LogP contribution in [0.4, 0.5) is 13.2 Å². The molecule has 0 aromatic carbocycles. The smallest absolute Gasteiger partial charge is 0.405 e. The highest BCUT2D eigenvalue weighted by molar-refractivity contribution is 5.93. The Morgan fingerprint density at radius 3 is 2.67 bits per heavy atom. The molecular weight excluding hydrogens is 412 g/mol. The summed E-state index contributed by atoms with van der Waals surface area (Å²) in [6.07, 6.45) is -2.14. The fraction of sp³-hybridized carbons (Fsp3) is 0.733. The van der Waals surface area contributed by atoms with Crippen LogP contribution in [0.3, 0.4) is 0 Å². The normalized spacial score (nSPS) is 21.8. The zero-order chi connectivity index (χ0) is 17.9. The number of piperazine rings is 1. The summed E-state index contributed by atoms with van der Waals surface area (Å²) in [6, 6.07) is -1.73. The van der Waals surface area contributed by atoms with Gasteiger partial charge in [-0.15, -0.1) is 24.8 Å². The van der Waals surface area contributed by atoms with E-state index in [0.717, 1.165) is 12.8 Å². The van der Waals surface area contributed by atoms with Crippen LogP contribution in [0.25, 0.3) is 0 Å². The maximum atomic E-state index is 13.4. The summed E-state index contributed by atoms with van der Waals surface area (Å²) in [4.78, 5) is 17.5. The molecule has 1 amide bonds. The lowest BCUT2D eigenvalue weighted by atomic mass is 10.1. The summed E-state index contributed by atoms with van der Waals surface area (Å²) < 4.78 is 50.7. The zero-order valence-corrected chi connectivity index (χ0v) is 16.1. The quantitative estimate of drug-likeness (QED) is 0.736. The summed E-state index contributed by atoms with van der Waals surface area (Å²) in [5, 5.41) is 5.37. The first-order valence-electron chi connectivity index (χ1n) is 8.31. The molecule has 27 heavy (non-hydrogen) atoms. The third-order valence-electron chi connectivity index (χ3n) is 4.46. The third-order valence-corrected chi connectivity index (χ3v) is 4.46. The fourth-order valence-corrected chi connectivity index (χ4v) is 3.16. The highest BCUT2D eigenvalue weighted by atomic mass is 35.5. The van der Waals surface area contributed by atoms with Crippen LogP contribution in [-0.2, 0) is 4.74 Å². The molecular formula is C15H23Cl2F3N4O3. The molecule has 12 heteroatoms. The molecule has 2 unspecified atom stereocenters. The second kappa shape index (κ2) is 10.5. The first-order chi connectivity index (χ1) is 12.0. The Morgan fingerprint density at radius 2 is 2.07 bits per heavy atom. The van der Waals surface area contributed by atoms with Gasteiger partial charge in [-0.2, -0.15) is 13.2 Å². The molecule has 7 nitrogen and oxygen atoms in total. The summed E-state index contributed by atoms with van der Waals surface area (Å²) in [6.45, 7) is 1.59. The van der Waals surface area contributed by atoms with Gasteiger partial charge in [-0.3, -0.25) is 9.69 Å². The van der Waals surface area contributed by atoms with Crippen molar-refractivity contribution in [3.05, 3.63) is 17.8 Å². The van der Waals surface area contributed by atoms with Gasteiger partial charge < -0.3 is 19.8 Å².